The Morgan fingerprint density at radius 2 is 1.70 bits per heavy atom. The molecule has 0 bridgehead atoms. The lowest BCUT2D eigenvalue weighted by Gasteiger charge is -2.31. The van der Waals surface area contributed by atoms with Crippen LogP contribution in [0.25, 0.3) is 0 Å². The van der Waals surface area contributed by atoms with E-state index in [4.69, 9.17) is 0 Å². The molecule has 2 aromatic carbocycles. The van der Waals surface area contributed by atoms with Gasteiger partial charge in [-0.05, 0) is 55.4 Å². The summed E-state index contributed by atoms with van der Waals surface area (Å²) in [6.07, 6.45) is 5.32. The summed E-state index contributed by atoms with van der Waals surface area (Å²) >= 11 is 0. The van der Waals surface area contributed by atoms with Crippen molar-refractivity contribution in [1.82, 2.24) is 10.2 Å². The van der Waals surface area contributed by atoms with Crippen molar-refractivity contribution in [3.63, 3.8) is 0 Å². The van der Waals surface area contributed by atoms with Crippen molar-refractivity contribution in [2.75, 3.05) is 0 Å². The van der Waals surface area contributed by atoms with Gasteiger partial charge >= 0.3 is 0 Å². The average Bonchev–Trinajstić information content (AvgIpc) is 3.24. The minimum atomic E-state index is -0.454. The van der Waals surface area contributed by atoms with Gasteiger partial charge in [0.05, 0.1) is 6.42 Å². The number of nitrogens with one attached hydrogen (secondary N) is 1. The van der Waals surface area contributed by atoms with Crippen LogP contribution in [0.2, 0.25) is 0 Å². The molecule has 1 N–H and O–H groups in total. The van der Waals surface area contributed by atoms with Crippen LogP contribution in [0.3, 0.4) is 0 Å². The lowest BCUT2D eigenvalue weighted by molar-refractivity contribution is -0.141. The zero-order valence-corrected chi connectivity index (χ0v) is 18.5. The zero-order chi connectivity index (χ0) is 21.5. The zero-order valence-electron chi connectivity index (χ0n) is 18.5. The fraction of sp³-hybridized carbons (Fsp3) is 0.462. The number of amides is 2. The molecule has 0 heterocycles. The molecular formula is C26H34N2O2. The third-order valence-corrected chi connectivity index (χ3v) is 6.21. The Morgan fingerprint density at radius 3 is 2.33 bits per heavy atom. The number of benzene rings is 2. The molecule has 4 nitrogen and oxygen atoms in total. The number of carbonyl (C=O) groups is 2. The Kier molecular flexibility index (Phi) is 7.67. The summed E-state index contributed by atoms with van der Waals surface area (Å²) in [5.74, 6) is -0.0238. The topological polar surface area (TPSA) is 49.4 Å². The van der Waals surface area contributed by atoms with Gasteiger partial charge in [0.2, 0.25) is 11.8 Å². The molecule has 0 aromatic heterocycles. The van der Waals surface area contributed by atoms with Gasteiger partial charge in [0.15, 0.2) is 0 Å². The maximum absolute atomic E-state index is 13.4. The predicted molar refractivity (Wildman–Crippen MR) is 121 cm³/mol. The summed E-state index contributed by atoms with van der Waals surface area (Å²) in [6.45, 7) is 6.57. The molecule has 1 atom stereocenters. The maximum Gasteiger partial charge on any atom is 0.243 e. The number of hydrogen-bond donors (Lipinski definition) is 1. The monoisotopic (exact) mass is 406 g/mol. The summed E-state index contributed by atoms with van der Waals surface area (Å²) in [4.78, 5) is 28.3. The van der Waals surface area contributed by atoms with Gasteiger partial charge in [-0.3, -0.25) is 9.59 Å². The molecule has 1 saturated carbocycles. The van der Waals surface area contributed by atoms with Gasteiger partial charge in [0, 0.05) is 12.6 Å². The van der Waals surface area contributed by atoms with Gasteiger partial charge in [0.1, 0.15) is 6.04 Å². The first-order valence-corrected chi connectivity index (χ1v) is 11.2. The molecule has 30 heavy (non-hydrogen) atoms. The van der Waals surface area contributed by atoms with Crippen LogP contribution in [0, 0.1) is 13.8 Å². The molecule has 1 fully saturated rings. The molecule has 3 rings (SSSR count). The van der Waals surface area contributed by atoms with Crippen molar-refractivity contribution in [2.24, 2.45) is 0 Å². The quantitative estimate of drug-likeness (QED) is 0.690. The molecule has 0 saturated heterocycles. The van der Waals surface area contributed by atoms with E-state index in [1.165, 1.54) is 24.0 Å². The van der Waals surface area contributed by atoms with E-state index in [2.05, 4.69) is 31.3 Å². The molecule has 0 radical (unpaired) electrons. The third kappa shape index (κ3) is 5.71. The molecular weight excluding hydrogens is 372 g/mol. The smallest absolute Gasteiger partial charge is 0.243 e. The summed E-state index contributed by atoms with van der Waals surface area (Å²) < 4.78 is 0. The van der Waals surface area contributed by atoms with Crippen LogP contribution >= 0.6 is 0 Å². The van der Waals surface area contributed by atoms with Crippen LogP contribution in [0.4, 0.5) is 0 Å². The van der Waals surface area contributed by atoms with E-state index < -0.39 is 6.04 Å². The number of hydrogen-bond acceptors (Lipinski definition) is 2. The second-order valence-electron chi connectivity index (χ2n) is 8.52. The van der Waals surface area contributed by atoms with Gasteiger partial charge in [-0.2, -0.15) is 0 Å². The summed E-state index contributed by atoms with van der Waals surface area (Å²) in [6, 6.07) is 15.9. The fourth-order valence-electron chi connectivity index (χ4n) is 4.26. The van der Waals surface area contributed by atoms with Gasteiger partial charge in [-0.1, -0.05) is 68.3 Å². The third-order valence-electron chi connectivity index (χ3n) is 6.21. The van der Waals surface area contributed by atoms with Crippen LogP contribution in [-0.2, 0) is 22.6 Å². The highest BCUT2D eigenvalue weighted by Gasteiger charge is 2.30. The standard InChI is InChI=1S/C26H34N2O2/c1-4-24(26(30)27-23-12-8-9-13-23)28(18-21-10-6-5-7-11-21)25(29)17-22-15-14-19(2)20(3)16-22/h5-7,10-11,14-16,23-24H,4,8-9,12-13,17-18H2,1-3H3,(H,27,30)/t24-/m0/s1. The van der Waals surface area contributed by atoms with E-state index in [1.54, 1.807) is 4.90 Å². The van der Waals surface area contributed by atoms with Gasteiger partial charge in [0.25, 0.3) is 0 Å². The highest BCUT2D eigenvalue weighted by atomic mass is 16.2. The van der Waals surface area contributed by atoms with Crippen molar-refractivity contribution in [3.8, 4) is 0 Å². The van der Waals surface area contributed by atoms with Gasteiger partial charge in [-0.25, -0.2) is 0 Å². The Morgan fingerprint density at radius 1 is 1.00 bits per heavy atom. The Bertz CT molecular complexity index is 857. The van der Waals surface area contributed by atoms with E-state index in [-0.39, 0.29) is 17.9 Å². The van der Waals surface area contributed by atoms with Crippen LogP contribution in [0.15, 0.2) is 48.5 Å². The molecule has 1 aliphatic rings. The first kappa shape index (κ1) is 22.1. The van der Waals surface area contributed by atoms with E-state index in [9.17, 15) is 9.59 Å². The Labute approximate surface area is 180 Å². The highest BCUT2D eigenvalue weighted by molar-refractivity contribution is 5.88. The molecule has 160 valence electrons. The van der Waals surface area contributed by atoms with E-state index in [1.807, 2.05) is 43.3 Å². The first-order valence-electron chi connectivity index (χ1n) is 11.2. The Balaban J connectivity index is 1.80. The van der Waals surface area contributed by atoms with Crippen molar-refractivity contribution < 1.29 is 9.59 Å². The van der Waals surface area contributed by atoms with Crippen LogP contribution in [0.1, 0.15) is 61.3 Å². The Hall–Kier alpha value is -2.62. The molecule has 4 heteroatoms. The minimum Gasteiger partial charge on any atom is -0.352 e. The number of nitrogens with zero attached hydrogens (tertiary/aromatic N) is 1. The van der Waals surface area contributed by atoms with Crippen LogP contribution < -0.4 is 5.32 Å². The first-order chi connectivity index (χ1) is 14.5. The average molecular weight is 407 g/mol. The highest BCUT2D eigenvalue weighted by Crippen LogP contribution is 2.20. The van der Waals surface area contributed by atoms with E-state index >= 15 is 0 Å². The molecule has 0 aliphatic heterocycles. The largest absolute Gasteiger partial charge is 0.352 e. The number of aryl methyl sites for hydroxylation is 2. The summed E-state index contributed by atoms with van der Waals surface area (Å²) in [5.41, 5.74) is 4.43. The fourth-order valence-corrected chi connectivity index (χ4v) is 4.26. The predicted octanol–water partition coefficient (Wildman–Crippen LogP) is 4.71. The SMILES string of the molecule is CC[C@@H](C(=O)NC1CCCC1)N(Cc1ccccc1)C(=O)Cc1ccc(C)c(C)c1. The second kappa shape index (κ2) is 10.4. The van der Waals surface area contributed by atoms with E-state index in [0.717, 1.165) is 24.0 Å². The van der Waals surface area contributed by atoms with Gasteiger partial charge < -0.3 is 10.2 Å². The number of carbonyl (C=O) groups excluding carboxylic acids is 2. The number of rotatable bonds is 8. The van der Waals surface area contributed by atoms with Gasteiger partial charge in [-0.15, -0.1) is 0 Å². The lowest BCUT2D eigenvalue weighted by Crippen LogP contribution is -2.51. The molecule has 2 amide bonds. The minimum absolute atomic E-state index is 0.00414. The second-order valence-corrected chi connectivity index (χ2v) is 8.52. The van der Waals surface area contributed by atoms with Crippen molar-refractivity contribution in [1.29, 1.82) is 0 Å². The molecule has 1 aliphatic carbocycles. The summed E-state index contributed by atoms with van der Waals surface area (Å²) in [5, 5.41) is 3.20. The van der Waals surface area contributed by atoms with Crippen molar-refractivity contribution >= 4 is 11.8 Å². The molecule has 2 aromatic rings. The lowest BCUT2D eigenvalue weighted by atomic mass is 10.0. The van der Waals surface area contributed by atoms with Crippen LogP contribution in [0.5, 0.6) is 0 Å². The normalized spacial score (nSPS) is 15.0. The van der Waals surface area contributed by atoms with E-state index in [0.29, 0.717) is 19.4 Å². The van der Waals surface area contributed by atoms with Crippen molar-refractivity contribution in [2.45, 2.75) is 77.9 Å². The van der Waals surface area contributed by atoms with Crippen molar-refractivity contribution in [3.05, 3.63) is 70.8 Å². The summed E-state index contributed by atoms with van der Waals surface area (Å²) in [7, 11) is 0. The maximum atomic E-state index is 13.4. The molecule has 0 spiro atoms. The molecule has 0 unspecified atom stereocenters. The van der Waals surface area contributed by atoms with Crippen LogP contribution in [-0.4, -0.2) is 28.8 Å².